The number of carbonyl (C=O) groups is 2. The highest BCUT2D eigenvalue weighted by Gasteiger charge is 2.29. The smallest absolute Gasteiger partial charge is 0.266 e. The molecule has 0 aliphatic heterocycles. The molecule has 0 aromatic heterocycles. The van der Waals surface area contributed by atoms with Crippen molar-refractivity contribution in [1.82, 2.24) is 0 Å². The molecule has 0 spiro atoms. The molecule has 0 heterocycles. The van der Waals surface area contributed by atoms with Gasteiger partial charge in [0.05, 0.1) is 5.60 Å². The summed E-state index contributed by atoms with van der Waals surface area (Å²) < 4.78 is 24.0. The van der Waals surface area contributed by atoms with E-state index < -0.39 is 11.7 Å². The predicted octanol–water partition coefficient (Wildman–Crippen LogP) is 3.88. The van der Waals surface area contributed by atoms with E-state index in [1.807, 2.05) is 0 Å². The molecule has 0 aromatic carbocycles. The second kappa shape index (κ2) is 7.09. The van der Waals surface area contributed by atoms with Gasteiger partial charge in [-0.2, -0.15) is 8.78 Å². The first-order valence-electron chi connectivity index (χ1n) is 7.27. The number of allylic oxidation sites excluding steroid dienone is 5. The molecule has 22 heavy (non-hydrogen) atoms. The third-order valence-electron chi connectivity index (χ3n) is 4.21. The lowest BCUT2D eigenvalue weighted by molar-refractivity contribution is -0.116. The number of hydrogen-bond donors (Lipinski definition) is 1. The number of ketones is 2. The molecular weight excluding hydrogens is 290 g/mol. The molecule has 1 N–H and O–H groups in total. The molecule has 0 bridgehead atoms. The zero-order chi connectivity index (χ0) is 17.1. The summed E-state index contributed by atoms with van der Waals surface area (Å²) in [5.74, 6) is -0.311. The number of Topliss-reactive ketones (excluding diaryl/α,β-unsaturated/α-hetero) is 2. The molecule has 0 amide bonds. The maximum Gasteiger partial charge on any atom is 0.266 e. The van der Waals surface area contributed by atoms with E-state index >= 15 is 0 Å². The SMILES string of the molecule is CC1=C(C)C(=O)C(CC[C@@](C)(O)CCC=C(F)F)=C(C)C1=O. The van der Waals surface area contributed by atoms with E-state index in [-0.39, 0.29) is 37.2 Å². The molecule has 0 fully saturated rings. The summed E-state index contributed by atoms with van der Waals surface area (Å²) in [6.07, 6.45) is -0.253. The maximum absolute atomic E-state index is 12.3. The Balaban J connectivity index is 2.77. The van der Waals surface area contributed by atoms with Gasteiger partial charge < -0.3 is 5.11 Å². The van der Waals surface area contributed by atoms with E-state index in [2.05, 4.69) is 0 Å². The molecule has 1 aliphatic rings. The second-order valence-corrected chi connectivity index (χ2v) is 6.04. The van der Waals surface area contributed by atoms with Crippen molar-refractivity contribution in [2.75, 3.05) is 0 Å². The lowest BCUT2D eigenvalue weighted by Gasteiger charge is -2.25. The van der Waals surface area contributed by atoms with Gasteiger partial charge in [0.15, 0.2) is 11.6 Å². The number of rotatable bonds is 6. The zero-order valence-corrected chi connectivity index (χ0v) is 13.4. The largest absolute Gasteiger partial charge is 0.390 e. The van der Waals surface area contributed by atoms with Crippen LogP contribution in [-0.2, 0) is 9.59 Å². The van der Waals surface area contributed by atoms with Gasteiger partial charge in [-0.05, 0) is 59.5 Å². The Morgan fingerprint density at radius 3 is 2.14 bits per heavy atom. The minimum absolute atomic E-state index is 0.0677. The standard InChI is InChI=1S/C17H22F2O3/c1-10-11(2)16(21)13(12(3)15(10)20)7-9-17(4,22)8-5-6-14(18)19/h6,22H,5,7-9H2,1-4H3/t17-/m0/s1. The van der Waals surface area contributed by atoms with Crippen molar-refractivity contribution in [1.29, 1.82) is 0 Å². The molecule has 0 saturated heterocycles. The van der Waals surface area contributed by atoms with Crippen LogP contribution in [0, 0.1) is 0 Å². The first-order chi connectivity index (χ1) is 10.1. The summed E-state index contributed by atoms with van der Waals surface area (Å²) in [5, 5.41) is 10.2. The molecule has 0 radical (unpaired) electrons. The van der Waals surface area contributed by atoms with Gasteiger partial charge in [-0.1, -0.05) is 0 Å². The Kier molecular flexibility index (Phi) is 5.94. The number of hydrogen-bond acceptors (Lipinski definition) is 3. The van der Waals surface area contributed by atoms with Crippen molar-refractivity contribution in [2.24, 2.45) is 0 Å². The van der Waals surface area contributed by atoms with Crippen molar-refractivity contribution in [3.63, 3.8) is 0 Å². The monoisotopic (exact) mass is 312 g/mol. The number of carbonyl (C=O) groups excluding carboxylic acids is 2. The van der Waals surface area contributed by atoms with Gasteiger partial charge in [-0.15, -0.1) is 0 Å². The highest BCUT2D eigenvalue weighted by molar-refractivity contribution is 6.24. The second-order valence-electron chi connectivity index (χ2n) is 6.04. The van der Waals surface area contributed by atoms with Gasteiger partial charge >= 0.3 is 0 Å². The Bertz CT molecular complexity index is 577. The maximum atomic E-state index is 12.3. The zero-order valence-electron chi connectivity index (χ0n) is 13.4. The third-order valence-corrected chi connectivity index (χ3v) is 4.21. The Hall–Kier alpha value is -1.62. The van der Waals surface area contributed by atoms with Crippen molar-refractivity contribution >= 4 is 11.6 Å². The molecule has 1 aliphatic carbocycles. The Morgan fingerprint density at radius 1 is 1.05 bits per heavy atom. The number of halogens is 2. The summed E-state index contributed by atoms with van der Waals surface area (Å²) in [4.78, 5) is 24.3. The topological polar surface area (TPSA) is 54.4 Å². The van der Waals surface area contributed by atoms with Gasteiger partial charge in [-0.25, -0.2) is 0 Å². The lowest BCUT2D eigenvalue weighted by atomic mass is 9.82. The lowest BCUT2D eigenvalue weighted by Crippen LogP contribution is -2.26. The van der Waals surface area contributed by atoms with Crippen LogP contribution in [0.1, 0.15) is 53.4 Å². The minimum atomic E-state index is -1.77. The number of aliphatic hydroxyl groups is 1. The molecule has 0 saturated carbocycles. The van der Waals surface area contributed by atoms with Gasteiger partial charge in [0.2, 0.25) is 0 Å². The predicted molar refractivity (Wildman–Crippen MR) is 80.5 cm³/mol. The van der Waals surface area contributed by atoms with Gasteiger partial charge in [0.1, 0.15) is 0 Å². The van der Waals surface area contributed by atoms with E-state index in [0.29, 0.717) is 22.3 Å². The first-order valence-corrected chi connectivity index (χ1v) is 7.27. The fourth-order valence-electron chi connectivity index (χ4n) is 2.47. The minimum Gasteiger partial charge on any atom is -0.390 e. The quantitative estimate of drug-likeness (QED) is 0.757. The van der Waals surface area contributed by atoms with Crippen molar-refractivity contribution in [3.8, 4) is 0 Å². The molecule has 5 heteroatoms. The van der Waals surface area contributed by atoms with E-state index in [0.717, 1.165) is 6.08 Å². The third kappa shape index (κ3) is 4.44. The summed E-state index contributed by atoms with van der Waals surface area (Å²) in [6, 6.07) is 0. The summed E-state index contributed by atoms with van der Waals surface area (Å²) in [6.45, 7) is 6.41. The van der Waals surface area contributed by atoms with Crippen LogP contribution < -0.4 is 0 Å². The Labute approximate surface area is 129 Å². The normalized spacial score (nSPS) is 18.7. The summed E-state index contributed by atoms with van der Waals surface area (Å²) in [5.41, 5.74) is 0.570. The molecule has 3 nitrogen and oxygen atoms in total. The van der Waals surface area contributed by atoms with Crippen molar-refractivity contribution in [2.45, 2.75) is 59.0 Å². The molecular formula is C17H22F2O3. The van der Waals surface area contributed by atoms with E-state index in [4.69, 9.17) is 0 Å². The van der Waals surface area contributed by atoms with Crippen molar-refractivity contribution in [3.05, 3.63) is 34.4 Å². The van der Waals surface area contributed by atoms with Crippen LogP contribution in [-0.4, -0.2) is 22.3 Å². The fraction of sp³-hybridized carbons (Fsp3) is 0.529. The van der Waals surface area contributed by atoms with Gasteiger partial charge in [0, 0.05) is 22.3 Å². The summed E-state index contributed by atoms with van der Waals surface area (Å²) >= 11 is 0. The fourth-order valence-corrected chi connectivity index (χ4v) is 2.47. The summed E-state index contributed by atoms with van der Waals surface area (Å²) in [7, 11) is 0. The van der Waals surface area contributed by atoms with Crippen LogP contribution in [0.5, 0.6) is 0 Å². The highest BCUT2D eigenvalue weighted by atomic mass is 19.3. The van der Waals surface area contributed by atoms with E-state index in [9.17, 15) is 23.5 Å². The van der Waals surface area contributed by atoms with Crippen LogP contribution in [0.15, 0.2) is 34.4 Å². The highest BCUT2D eigenvalue weighted by Crippen LogP contribution is 2.30. The average Bonchev–Trinajstić information content (AvgIpc) is 2.42. The molecule has 1 rings (SSSR count). The first kappa shape index (κ1) is 18.4. The Morgan fingerprint density at radius 2 is 1.59 bits per heavy atom. The van der Waals surface area contributed by atoms with E-state index in [1.165, 1.54) is 0 Å². The molecule has 0 aromatic rings. The average molecular weight is 312 g/mol. The van der Waals surface area contributed by atoms with Crippen LogP contribution >= 0.6 is 0 Å². The van der Waals surface area contributed by atoms with Crippen LogP contribution in [0.2, 0.25) is 0 Å². The molecule has 0 unspecified atom stereocenters. The van der Waals surface area contributed by atoms with Gasteiger partial charge in [0.25, 0.3) is 6.08 Å². The van der Waals surface area contributed by atoms with Gasteiger partial charge in [-0.3, -0.25) is 9.59 Å². The van der Waals surface area contributed by atoms with Crippen LogP contribution in [0.4, 0.5) is 8.78 Å². The van der Waals surface area contributed by atoms with Crippen LogP contribution in [0.25, 0.3) is 0 Å². The van der Waals surface area contributed by atoms with Crippen molar-refractivity contribution < 1.29 is 23.5 Å². The van der Waals surface area contributed by atoms with E-state index in [1.54, 1.807) is 27.7 Å². The van der Waals surface area contributed by atoms with Crippen LogP contribution in [0.3, 0.4) is 0 Å². The molecule has 122 valence electrons. The molecule has 1 atom stereocenters.